The first-order valence-electron chi connectivity index (χ1n) is 7.39. The Morgan fingerprint density at radius 1 is 1.28 bits per heavy atom. The molecule has 1 aromatic heterocycles. The van der Waals surface area contributed by atoms with Gasteiger partial charge in [0.1, 0.15) is 0 Å². The second-order valence-corrected chi connectivity index (χ2v) is 6.53. The van der Waals surface area contributed by atoms with Crippen LogP contribution in [0, 0.1) is 5.82 Å². The molecule has 0 bridgehead atoms. The van der Waals surface area contributed by atoms with Gasteiger partial charge in [0.05, 0.1) is 19.2 Å². The van der Waals surface area contributed by atoms with Crippen molar-refractivity contribution < 1.29 is 13.9 Å². The van der Waals surface area contributed by atoms with Gasteiger partial charge in [0.15, 0.2) is 16.7 Å². The Morgan fingerprint density at radius 3 is 2.72 bits per heavy atom. The predicted molar refractivity (Wildman–Crippen MR) is 97.8 cm³/mol. The number of methoxy groups -OCH3 is 1. The summed E-state index contributed by atoms with van der Waals surface area (Å²) < 4.78 is 18.5. The third-order valence-corrected chi connectivity index (χ3v) is 4.48. The van der Waals surface area contributed by atoms with E-state index < -0.39 is 5.82 Å². The van der Waals surface area contributed by atoms with Crippen molar-refractivity contribution >= 4 is 34.0 Å². The lowest BCUT2D eigenvalue weighted by Crippen LogP contribution is -2.14. The van der Waals surface area contributed by atoms with Gasteiger partial charge in [-0.05, 0) is 29.8 Å². The Kier molecular flexibility index (Phi) is 5.31. The van der Waals surface area contributed by atoms with E-state index >= 15 is 0 Å². The Morgan fingerprint density at radius 2 is 2.04 bits per heavy atom. The molecule has 25 heavy (non-hydrogen) atoms. The molecule has 2 aromatic carbocycles. The largest absolute Gasteiger partial charge is 0.494 e. The molecule has 0 saturated carbocycles. The van der Waals surface area contributed by atoms with Gasteiger partial charge >= 0.3 is 0 Å². The van der Waals surface area contributed by atoms with Crippen molar-refractivity contribution in [3.63, 3.8) is 0 Å². The van der Waals surface area contributed by atoms with Gasteiger partial charge in [0.25, 0.3) is 0 Å². The number of amides is 1. The lowest BCUT2D eigenvalue weighted by atomic mass is 10.1. The maximum absolute atomic E-state index is 13.7. The molecule has 0 aliphatic rings. The van der Waals surface area contributed by atoms with Gasteiger partial charge in [-0.2, -0.15) is 0 Å². The van der Waals surface area contributed by atoms with E-state index in [0.717, 1.165) is 11.3 Å². The average molecular weight is 377 g/mol. The SMILES string of the molecule is COc1ccc(CC(=O)Nc2nc(-c3ccc(Cl)cc3)cs2)cc1F. The molecule has 7 heteroatoms. The van der Waals surface area contributed by atoms with Gasteiger partial charge < -0.3 is 10.1 Å². The predicted octanol–water partition coefficient (Wildman–Crippen LogP) is 4.79. The summed E-state index contributed by atoms with van der Waals surface area (Å²) in [4.78, 5) is 16.5. The maximum atomic E-state index is 13.7. The number of halogens is 2. The fourth-order valence-electron chi connectivity index (χ4n) is 2.25. The first-order chi connectivity index (χ1) is 12.0. The van der Waals surface area contributed by atoms with Crippen molar-refractivity contribution in [2.45, 2.75) is 6.42 Å². The molecular formula is C18H14ClFN2O2S. The van der Waals surface area contributed by atoms with Crippen molar-refractivity contribution in [3.8, 4) is 17.0 Å². The number of nitrogens with zero attached hydrogens (tertiary/aromatic N) is 1. The molecule has 0 radical (unpaired) electrons. The summed E-state index contributed by atoms with van der Waals surface area (Å²) in [6.45, 7) is 0. The van der Waals surface area contributed by atoms with Crippen LogP contribution in [0.3, 0.4) is 0 Å². The topological polar surface area (TPSA) is 51.2 Å². The minimum absolute atomic E-state index is 0.0524. The molecular weight excluding hydrogens is 363 g/mol. The molecule has 1 N–H and O–H groups in total. The van der Waals surface area contributed by atoms with Crippen molar-refractivity contribution in [2.24, 2.45) is 0 Å². The standard InChI is InChI=1S/C18H14ClFN2O2S/c1-24-16-7-2-11(8-14(16)20)9-17(23)22-18-21-15(10-25-18)12-3-5-13(19)6-4-12/h2-8,10H,9H2,1H3,(H,21,22,23). The molecule has 0 aliphatic heterocycles. The molecule has 3 aromatic rings. The van der Waals surface area contributed by atoms with E-state index in [9.17, 15) is 9.18 Å². The monoisotopic (exact) mass is 376 g/mol. The summed E-state index contributed by atoms with van der Waals surface area (Å²) in [7, 11) is 1.39. The highest BCUT2D eigenvalue weighted by Gasteiger charge is 2.11. The fourth-order valence-corrected chi connectivity index (χ4v) is 3.11. The van der Waals surface area contributed by atoms with Crippen molar-refractivity contribution in [3.05, 3.63) is 64.2 Å². The number of hydrogen-bond acceptors (Lipinski definition) is 4. The van der Waals surface area contributed by atoms with Gasteiger partial charge in [0, 0.05) is 16.0 Å². The van der Waals surface area contributed by atoms with Gasteiger partial charge in [-0.3, -0.25) is 4.79 Å². The number of rotatable bonds is 5. The van der Waals surface area contributed by atoms with Gasteiger partial charge in [-0.15, -0.1) is 11.3 Å². The number of aromatic nitrogens is 1. The van der Waals surface area contributed by atoms with Gasteiger partial charge in [-0.1, -0.05) is 29.8 Å². The number of nitrogens with one attached hydrogen (secondary N) is 1. The smallest absolute Gasteiger partial charge is 0.230 e. The third-order valence-electron chi connectivity index (χ3n) is 3.47. The molecule has 0 atom stereocenters. The quantitative estimate of drug-likeness (QED) is 0.696. The molecule has 0 aliphatic carbocycles. The van der Waals surface area contributed by atoms with Crippen LogP contribution in [0.2, 0.25) is 5.02 Å². The van der Waals surface area contributed by atoms with Crippen LogP contribution >= 0.6 is 22.9 Å². The van der Waals surface area contributed by atoms with Crippen LogP contribution in [0.5, 0.6) is 5.75 Å². The molecule has 128 valence electrons. The number of hydrogen-bond donors (Lipinski definition) is 1. The van der Waals surface area contributed by atoms with E-state index in [4.69, 9.17) is 16.3 Å². The number of ether oxygens (including phenoxy) is 1. The highest BCUT2D eigenvalue weighted by molar-refractivity contribution is 7.14. The highest BCUT2D eigenvalue weighted by Crippen LogP contribution is 2.26. The molecule has 0 spiro atoms. The molecule has 4 nitrogen and oxygen atoms in total. The fraction of sp³-hybridized carbons (Fsp3) is 0.111. The molecule has 3 rings (SSSR count). The van der Waals surface area contributed by atoms with Crippen LogP contribution in [0.25, 0.3) is 11.3 Å². The lowest BCUT2D eigenvalue weighted by molar-refractivity contribution is -0.115. The average Bonchev–Trinajstić information content (AvgIpc) is 3.04. The zero-order valence-electron chi connectivity index (χ0n) is 13.3. The Bertz CT molecular complexity index is 896. The number of carbonyl (C=O) groups is 1. The zero-order chi connectivity index (χ0) is 17.8. The van der Waals surface area contributed by atoms with E-state index in [0.29, 0.717) is 15.7 Å². The van der Waals surface area contributed by atoms with E-state index in [-0.39, 0.29) is 18.1 Å². The second-order valence-electron chi connectivity index (χ2n) is 5.24. The van der Waals surface area contributed by atoms with Crippen LogP contribution in [0.1, 0.15) is 5.56 Å². The highest BCUT2D eigenvalue weighted by atomic mass is 35.5. The first-order valence-corrected chi connectivity index (χ1v) is 8.64. The summed E-state index contributed by atoms with van der Waals surface area (Å²) in [6, 6.07) is 11.7. The number of anilines is 1. The normalized spacial score (nSPS) is 10.5. The van der Waals surface area contributed by atoms with E-state index in [1.54, 1.807) is 18.2 Å². The van der Waals surface area contributed by atoms with Crippen LogP contribution in [0.4, 0.5) is 9.52 Å². The Labute approximate surface area is 153 Å². The molecule has 0 saturated heterocycles. The number of benzene rings is 2. The summed E-state index contributed by atoms with van der Waals surface area (Å²) in [5, 5.41) is 5.72. The van der Waals surface area contributed by atoms with Gasteiger partial charge in [0.2, 0.25) is 5.91 Å². The van der Waals surface area contributed by atoms with Crippen LogP contribution < -0.4 is 10.1 Å². The summed E-state index contributed by atoms with van der Waals surface area (Å²) in [5.41, 5.74) is 2.23. The van der Waals surface area contributed by atoms with Crippen LogP contribution in [-0.4, -0.2) is 18.0 Å². The zero-order valence-corrected chi connectivity index (χ0v) is 14.8. The summed E-state index contributed by atoms with van der Waals surface area (Å²) >= 11 is 7.20. The Hall–Kier alpha value is -2.44. The van der Waals surface area contributed by atoms with Crippen LogP contribution in [0.15, 0.2) is 47.8 Å². The first kappa shape index (κ1) is 17.4. The molecule has 1 heterocycles. The second kappa shape index (κ2) is 7.63. The van der Waals surface area contributed by atoms with E-state index in [1.807, 2.05) is 17.5 Å². The van der Waals surface area contributed by atoms with Crippen molar-refractivity contribution in [2.75, 3.05) is 12.4 Å². The Balaban J connectivity index is 1.65. The maximum Gasteiger partial charge on any atom is 0.230 e. The molecule has 0 unspecified atom stereocenters. The number of thiazole rings is 1. The molecule has 1 amide bonds. The summed E-state index contributed by atoms with van der Waals surface area (Å²) in [5.74, 6) is -0.606. The van der Waals surface area contributed by atoms with Gasteiger partial charge in [-0.25, -0.2) is 9.37 Å². The summed E-state index contributed by atoms with van der Waals surface area (Å²) in [6.07, 6.45) is 0.0524. The molecule has 0 fully saturated rings. The number of carbonyl (C=O) groups excluding carboxylic acids is 1. The van der Waals surface area contributed by atoms with E-state index in [2.05, 4.69) is 10.3 Å². The van der Waals surface area contributed by atoms with Crippen LogP contribution in [-0.2, 0) is 11.2 Å². The lowest BCUT2D eigenvalue weighted by Gasteiger charge is -2.05. The van der Waals surface area contributed by atoms with Crippen molar-refractivity contribution in [1.29, 1.82) is 0 Å². The minimum atomic E-state index is -0.493. The van der Waals surface area contributed by atoms with Crippen molar-refractivity contribution in [1.82, 2.24) is 4.98 Å². The minimum Gasteiger partial charge on any atom is -0.494 e. The van der Waals surface area contributed by atoms with E-state index in [1.165, 1.54) is 30.6 Å². The third kappa shape index (κ3) is 4.35.